The fourth-order valence-corrected chi connectivity index (χ4v) is 3.83. The molecule has 0 bridgehead atoms. The van der Waals surface area contributed by atoms with Crippen molar-refractivity contribution in [2.75, 3.05) is 25.5 Å². The van der Waals surface area contributed by atoms with Gasteiger partial charge in [-0.05, 0) is 61.2 Å². The number of fused-ring (bicyclic) bond motifs is 1. The Bertz CT molecular complexity index is 1050. The van der Waals surface area contributed by atoms with Gasteiger partial charge >= 0.3 is 0 Å². The highest BCUT2D eigenvalue weighted by molar-refractivity contribution is 6.30. The zero-order valence-corrected chi connectivity index (χ0v) is 17.4. The number of carbonyl (C=O) groups excluding carboxylic acids is 1. The van der Waals surface area contributed by atoms with E-state index in [9.17, 15) is 4.79 Å². The summed E-state index contributed by atoms with van der Waals surface area (Å²) in [5.74, 6) is 1.37. The summed E-state index contributed by atoms with van der Waals surface area (Å²) in [6.45, 7) is 3.79. The van der Waals surface area contributed by atoms with Crippen LogP contribution in [-0.2, 0) is 0 Å². The van der Waals surface area contributed by atoms with Crippen molar-refractivity contribution < 1.29 is 9.53 Å². The molecule has 1 amide bonds. The molecule has 0 radical (unpaired) electrons. The monoisotopic (exact) mass is 409 g/mol. The topological polar surface area (TPSA) is 54.5 Å². The first-order valence-electron chi connectivity index (χ1n) is 9.84. The van der Waals surface area contributed by atoms with Gasteiger partial charge in [0.25, 0.3) is 5.91 Å². The number of pyridine rings is 1. The zero-order chi connectivity index (χ0) is 20.4. The summed E-state index contributed by atoms with van der Waals surface area (Å²) in [6.07, 6.45) is 2.06. The molecule has 1 aliphatic heterocycles. The maximum Gasteiger partial charge on any atom is 0.272 e. The molecule has 0 unspecified atom stereocenters. The first-order chi connectivity index (χ1) is 14.0. The Kier molecular flexibility index (Phi) is 5.58. The lowest BCUT2D eigenvalue weighted by Crippen LogP contribution is -2.38. The van der Waals surface area contributed by atoms with Crippen molar-refractivity contribution in [1.82, 2.24) is 9.88 Å². The molecule has 1 aromatic heterocycles. The summed E-state index contributed by atoms with van der Waals surface area (Å²) in [5.41, 5.74) is 2.83. The molecule has 4 rings (SSSR count). The minimum absolute atomic E-state index is 0.0243. The Morgan fingerprint density at radius 3 is 2.69 bits per heavy atom. The number of rotatable bonds is 4. The van der Waals surface area contributed by atoms with Crippen molar-refractivity contribution in [1.29, 1.82) is 0 Å². The Balaban J connectivity index is 1.75. The van der Waals surface area contributed by atoms with Crippen LogP contribution in [0.1, 0.15) is 30.3 Å². The fourth-order valence-electron chi connectivity index (χ4n) is 3.64. The molecular weight excluding hydrogens is 386 g/mol. The molecule has 1 N–H and O–H groups in total. The van der Waals surface area contributed by atoms with Crippen LogP contribution in [0.4, 0.5) is 11.4 Å². The lowest BCUT2D eigenvalue weighted by atomic mass is 9.99. The van der Waals surface area contributed by atoms with E-state index >= 15 is 0 Å². The van der Waals surface area contributed by atoms with E-state index in [1.807, 2.05) is 53.4 Å². The smallest absolute Gasteiger partial charge is 0.272 e. The SMILES string of the molecule is COc1ccc2nc(C(=O)N3CCC(C)CC3)cc(Nc3cccc(Cl)c3)c2c1. The summed E-state index contributed by atoms with van der Waals surface area (Å²) in [6, 6.07) is 15.0. The predicted octanol–water partition coefficient (Wildman–Crippen LogP) is 5.51. The first-order valence-corrected chi connectivity index (χ1v) is 10.2. The van der Waals surface area contributed by atoms with Gasteiger partial charge in [-0.25, -0.2) is 4.98 Å². The van der Waals surface area contributed by atoms with Crippen molar-refractivity contribution >= 4 is 39.8 Å². The van der Waals surface area contributed by atoms with E-state index in [1.165, 1.54) is 0 Å². The molecule has 150 valence electrons. The molecule has 1 fully saturated rings. The Labute approximate surface area is 175 Å². The maximum absolute atomic E-state index is 13.1. The van der Waals surface area contributed by atoms with Crippen molar-refractivity contribution in [3.05, 3.63) is 59.2 Å². The lowest BCUT2D eigenvalue weighted by Gasteiger charge is -2.30. The molecule has 2 aromatic carbocycles. The number of nitrogens with zero attached hydrogens (tertiary/aromatic N) is 2. The molecule has 0 spiro atoms. The largest absolute Gasteiger partial charge is 0.497 e. The maximum atomic E-state index is 13.1. The van der Waals surface area contributed by atoms with Crippen LogP contribution in [0, 0.1) is 5.92 Å². The van der Waals surface area contributed by atoms with Crippen LogP contribution in [-0.4, -0.2) is 36.0 Å². The summed E-state index contributed by atoms with van der Waals surface area (Å²) >= 11 is 6.14. The molecule has 29 heavy (non-hydrogen) atoms. The number of methoxy groups -OCH3 is 1. The van der Waals surface area contributed by atoms with E-state index in [2.05, 4.69) is 17.2 Å². The van der Waals surface area contributed by atoms with E-state index in [0.717, 1.165) is 54.0 Å². The third-order valence-corrected chi connectivity index (χ3v) is 5.64. The highest BCUT2D eigenvalue weighted by Gasteiger charge is 2.23. The molecule has 5 nitrogen and oxygen atoms in total. The molecule has 3 aromatic rings. The van der Waals surface area contributed by atoms with Crippen LogP contribution >= 0.6 is 11.6 Å². The number of halogens is 1. The van der Waals surface area contributed by atoms with Gasteiger partial charge in [0, 0.05) is 29.2 Å². The first kappa shape index (κ1) is 19.5. The second kappa shape index (κ2) is 8.29. The lowest BCUT2D eigenvalue weighted by molar-refractivity contribution is 0.0692. The van der Waals surface area contributed by atoms with Crippen molar-refractivity contribution in [2.45, 2.75) is 19.8 Å². The molecule has 6 heteroatoms. The molecular formula is C23H24ClN3O2. The minimum Gasteiger partial charge on any atom is -0.497 e. The average Bonchev–Trinajstić information content (AvgIpc) is 2.73. The van der Waals surface area contributed by atoms with Gasteiger partial charge in [0.15, 0.2) is 0 Å². The Morgan fingerprint density at radius 1 is 1.17 bits per heavy atom. The summed E-state index contributed by atoms with van der Waals surface area (Å²) < 4.78 is 5.38. The van der Waals surface area contributed by atoms with Gasteiger partial charge in [-0.2, -0.15) is 0 Å². The van der Waals surface area contributed by atoms with Crippen molar-refractivity contribution in [3.8, 4) is 5.75 Å². The molecule has 1 saturated heterocycles. The third-order valence-electron chi connectivity index (χ3n) is 5.41. The second-order valence-electron chi connectivity index (χ2n) is 7.55. The van der Waals surface area contributed by atoms with Crippen molar-refractivity contribution in [3.63, 3.8) is 0 Å². The Hall–Kier alpha value is -2.79. The minimum atomic E-state index is -0.0243. The van der Waals surface area contributed by atoms with Gasteiger partial charge in [0.2, 0.25) is 0 Å². The van der Waals surface area contributed by atoms with Crippen LogP contribution in [0.5, 0.6) is 5.75 Å². The van der Waals surface area contributed by atoms with Gasteiger partial charge in [-0.3, -0.25) is 4.79 Å². The van der Waals surface area contributed by atoms with E-state index < -0.39 is 0 Å². The summed E-state index contributed by atoms with van der Waals surface area (Å²) in [5, 5.41) is 4.92. The van der Waals surface area contributed by atoms with E-state index in [1.54, 1.807) is 7.11 Å². The van der Waals surface area contributed by atoms with Crippen LogP contribution in [0.3, 0.4) is 0 Å². The number of ether oxygens (including phenoxy) is 1. The number of benzene rings is 2. The van der Waals surface area contributed by atoms with Gasteiger partial charge in [0.05, 0.1) is 18.3 Å². The highest BCUT2D eigenvalue weighted by atomic mass is 35.5. The zero-order valence-electron chi connectivity index (χ0n) is 16.6. The standard InChI is InChI=1S/C23H24ClN3O2/c1-15-8-10-27(11-9-15)23(28)22-14-21(25-17-5-3-4-16(24)12-17)19-13-18(29-2)6-7-20(19)26-22/h3-7,12-15H,8-11H2,1-2H3,(H,25,26). The molecule has 0 atom stereocenters. The molecule has 2 heterocycles. The third kappa shape index (κ3) is 4.30. The quantitative estimate of drug-likeness (QED) is 0.617. The average molecular weight is 410 g/mol. The number of likely N-dealkylation sites (tertiary alicyclic amines) is 1. The summed E-state index contributed by atoms with van der Waals surface area (Å²) in [4.78, 5) is 19.7. The number of amides is 1. The molecule has 0 aliphatic carbocycles. The number of carbonyl (C=O) groups is 1. The number of anilines is 2. The normalized spacial score (nSPS) is 14.8. The number of hydrogen-bond donors (Lipinski definition) is 1. The van der Waals surface area contributed by atoms with Gasteiger partial charge in [-0.1, -0.05) is 24.6 Å². The highest BCUT2D eigenvalue weighted by Crippen LogP contribution is 2.31. The fraction of sp³-hybridized carbons (Fsp3) is 0.304. The summed E-state index contributed by atoms with van der Waals surface area (Å²) in [7, 11) is 1.63. The number of nitrogens with one attached hydrogen (secondary N) is 1. The van der Waals surface area contributed by atoms with Gasteiger partial charge in [0.1, 0.15) is 11.4 Å². The van der Waals surface area contributed by atoms with E-state index in [0.29, 0.717) is 16.6 Å². The van der Waals surface area contributed by atoms with E-state index in [-0.39, 0.29) is 5.91 Å². The molecule has 0 saturated carbocycles. The van der Waals surface area contributed by atoms with Crippen LogP contribution in [0.2, 0.25) is 5.02 Å². The van der Waals surface area contributed by atoms with Crippen LogP contribution in [0.25, 0.3) is 10.9 Å². The number of piperidine rings is 1. The predicted molar refractivity (Wildman–Crippen MR) is 117 cm³/mol. The van der Waals surface area contributed by atoms with Crippen LogP contribution in [0.15, 0.2) is 48.5 Å². The van der Waals surface area contributed by atoms with E-state index in [4.69, 9.17) is 16.3 Å². The number of hydrogen-bond acceptors (Lipinski definition) is 4. The van der Waals surface area contributed by atoms with Crippen LogP contribution < -0.4 is 10.1 Å². The number of aromatic nitrogens is 1. The van der Waals surface area contributed by atoms with Gasteiger partial charge < -0.3 is 15.0 Å². The van der Waals surface area contributed by atoms with Crippen molar-refractivity contribution in [2.24, 2.45) is 5.92 Å². The molecule has 1 aliphatic rings. The van der Waals surface area contributed by atoms with Gasteiger partial charge in [-0.15, -0.1) is 0 Å². The second-order valence-corrected chi connectivity index (χ2v) is 7.98. The Morgan fingerprint density at radius 2 is 1.97 bits per heavy atom.